The minimum absolute atomic E-state index is 0.157. The van der Waals surface area contributed by atoms with Crippen LogP contribution in [0.4, 0.5) is 0 Å². The molecule has 0 aliphatic carbocycles. The summed E-state index contributed by atoms with van der Waals surface area (Å²) in [6.45, 7) is 4.05. The molecule has 0 aromatic carbocycles. The van der Waals surface area contributed by atoms with Gasteiger partial charge in [0.1, 0.15) is 6.10 Å². The van der Waals surface area contributed by atoms with Gasteiger partial charge in [-0.15, -0.1) is 0 Å². The minimum Gasteiger partial charge on any atom is -0.394 e. The van der Waals surface area contributed by atoms with Crippen LogP contribution in [0, 0.1) is 0 Å². The van der Waals surface area contributed by atoms with Crippen molar-refractivity contribution in [1.82, 2.24) is 5.32 Å². The van der Waals surface area contributed by atoms with Gasteiger partial charge >= 0.3 is 0 Å². The Morgan fingerprint density at radius 1 is 0.463 bits per heavy atom. The van der Waals surface area contributed by atoms with Crippen molar-refractivity contribution in [3.63, 3.8) is 0 Å². The first-order valence-corrected chi connectivity index (χ1v) is 24.1. The van der Waals surface area contributed by atoms with Crippen LogP contribution in [-0.2, 0) is 4.79 Å². The molecule has 3 unspecified atom stereocenters. The smallest absolute Gasteiger partial charge is 0.220 e. The topological polar surface area (TPSA) is 89.8 Å². The van der Waals surface area contributed by atoms with E-state index >= 15 is 0 Å². The van der Waals surface area contributed by atoms with Crippen molar-refractivity contribution in [2.45, 2.75) is 276 Å². The summed E-state index contributed by atoms with van der Waals surface area (Å²) < 4.78 is 0. The lowest BCUT2D eigenvalue weighted by Crippen LogP contribution is -2.50. The summed E-state index contributed by atoms with van der Waals surface area (Å²) in [7, 11) is 0. The van der Waals surface area contributed by atoms with Crippen LogP contribution in [0.2, 0.25) is 0 Å². The minimum atomic E-state index is -1.16. The van der Waals surface area contributed by atoms with Gasteiger partial charge in [0.15, 0.2) is 0 Å². The number of aliphatic hydroxyl groups excluding tert-OH is 3. The van der Waals surface area contributed by atoms with Gasteiger partial charge in [-0.1, -0.05) is 231 Å². The number of carbonyl (C=O) groups excluding carboxylic acids is 1. The highest BCUT2D eigenvalue weighted by Gasteiger charge is 2.26. The average molecular weight is 762 g/mol. The van der Waals surface area contributed by atoms with E-state index < -0.39 is 18.2 Å². The van der Waals surface area contributed by atoms with E-state index in [2.05, 4.69) is 43.5 Å². The second-order valence-electron chi connectivity index (χ2n) is 16.6. The summed E-state index contributed by atoms with van der Waals surface area (Å²) in [6, 6.07) is -0.827. The zero-order chi connectivity index (χ0) is 39.4. The van der Waals surface area contributed by atoms with Gasteiger partial charge in [0.2, 0.25) is 5.91 Å². The molecule has 54 heavy (non-hydrogen) atoms. The van der Waals surface area contributed by atoms with Crippen molar-refractivity contribution in [3.05, 3.63) is 24.3 Å². The van der Waals surface area contributed by atoms with Gasteiger partial charge in [-0.25, -0.2) is 0 Å². The Labute approximate surface area is 337 Å². The quantitative estimate of drug-likeness (QED) is 0.0368. The van der Waals surface area contributed by atoms with Crippen LogP contribution in [0.1, 0.15) is 258 Å². The van der Waals surface area contributed by atoms with E-state index in [-0.39, 0.29) is 12.5 Å². The summed E-state index contributed by atoms with van der Waals surface area (Å²) in [4.78, 5) is 12.4. The van der Waals surface area contributed by atoms with Gasteiger partial charge < -0.3 is 20.6 Å². The van der Waals surface area contributed by atoms with Crippen molar-refractivity contribution in [1.29, 1.82) is 0 Å². The van der Waals surface area contributed by atoms with Crippen molar-refractivity contribution in [2.24, 2.45) is 0 Å². The summed E-state index contributed by atoms with van der Waals surface area (Å²) in [5.74, 6) is -0.157. The fourth-order valence-corrected chi connectivity index (χ4v) is 7.60. The Balaban J connectivity index is 3.44. The van der Waals surface area contributed by atoms with Gasteiger partial charge in [0, 0.05) is 6.42 Å². The molecule has 0 aliphatic rings. The number of rotatable bonds is 44. The van der Waals surface area contributed by atoms with Crippen LogP contribution >= 0.6 is 0 Å². The lowest BCUT2D eigenvalue weighted by Gasteiger charge is -2.26. The zero-order valence-electron chi connectivity index (χ0n) is 36.4. The van der Waals surface area contributed by atoms with E-state index in [1.807, 2.05) is 0 Å². The molecule has 4 N–H and O–H groups in total. The van der Waals surface area contributed by atoms with Gasteiger partial charge in [-0.2, -0.15) is 0 Å². The second kappa shape index (κ2) is 44.5. The number of hydrogen-bond donors (Lipinski definition) is 4. The van der Waals surface area contributed by atoms with Crippen LogP contribution in [-0.4, -0.2) is 46.1 Å². The Bertz CT molecular complexity index is 799. The van der Waals surface area contributed by atoms with Crippen LogP contribution in [0.15, 0.2) is 24.3 Å². The molecule has 0 rings (SSSR count). The zero-order valence-corrected chi connectivity index (χ0v) is 36.4. The van der Waals surface area contributed by atoms with Crippen molar-refractivity contribution >= 4 is 5.91 Å². The molecule has 0 fully saturated rings. The molecule has 5 heteroatoms. The summed E-state index contributed by atoms with van der Waals surface area (Å²) in [6.07, 6.45) is 54.9. The highest BCUT2D eigenvalue weighted by molar-refractivity contribution is 5.76. The van der Waals surface area contributed by atoms with E-state index in [1.165, 1.54) is 180 Å². The Kier molecular flexibility index (Phi) is 43.6. The summed E-state index contributed by atoms with van der Waals surface area (Å²) >= 11 is 0. The molecule has 0 heterocycles. The van der Waals surface area contributed by atoms with Crippen LogP contribution in [0.3, 0.4) is 0 Å². The largest absolute Gasteiger partial charge is 0.394 e. The van der Waals surface area contributed by atoms with E-state index in [1.54, 1.807) is 0 Å². The fourth-order valence-electron chi connectivity index (χ4n) is 7.60. The Hall–Kier alpha value is -1.17. The number of carbonyl (C=O) groups is 1. The van der Waals surface area contributed by atoms with Crippen molar-refractivity contribution < 1.29 is 20.1 Å². The molecule has 0 aliphatic heterocycles. The van der Waals surface area contributed by atoms with E-state index in [0.29, 0.717) is 12.8 Å². The average Bonchev–Trinajstić information content (AvgIpc) is 3.18. The summed E-state index contributed by atoms with van der Waals surface area (Å²) in [5, 5.41) is 33.3. The van der Waals surface area contributed by atoms with Gasteiger partial charge in [0.05, 0.1) is 18.8 Å². The Morgan fingerprint density at radius 3 is 1.15 bits per heavy atom. The third kappa shape index (κ3) is 39.1. The van der Waals surface area contributed by atoms with E-state index in [4.69, 9.17) is 0 Å². The van der Waals surface area contributed by atoms with Crippen molar-refractivity contribution in [3.8, 4) is 0 Å². The first kappa shape index (κ1) is 52.8. The first-order chi connectivity index (χ1) is 26.6. The standard InChI is InChI=1S/C49H95NO4/c1-3-5-7-9-11-13-14-15-16-17-18-19-20-21-22-23-24-25-26-27-28-29-30-31-32-33-34-36-38-40-42-44-48(53)50-46(45-51)49(54)47(52)43-41-39-37-35-12-10-8-6-4-2/h6,8,35,37,46-47,49,51-52,54H,3-5,7,9-34,36,38-45H2,1-2H3,(H,50,53)/b8-6+,37-35+. The molecule has 3 atom stereocenters. The maximum atomic E-state index is 12.4. The third-order valence-electron chi connectivity index (χ3n) is 11.3. The van der Waals surface area contributed by atoms with Crippen LogP contribution in [0.5, 0.6) is 0 Å². The SMILES string of the molecule is CC/C=C/CC/C=C/CCCC(O)C(O)C(CO)NC(=O)CCCCCCCCCCCCCCCCCCCCCCCCCCCCCCCCC. The molecule has 0 bridgehead atoms. The normalized spacial score (nSPS) is 13.6. The fraction of sp³-hybridized carbons (Fsp3) is 0.898. The maximum Gasteiger partial charge on any atom is 0.220 e. The molecule has 0 radical (unpaired) electrons. The molecular weight excluding hydrogens is 667 g/mol. The van der Waals surface area contributed by atoms with Crippen molar-refractivity contribution in [2.75, 3.05) is 6.61 Å². The van der Waals surface area contributed by atoms with Gasteiger partial charge in [0.25, 0.3) is 0 Å². The third-order valence-corrected chi connectivity index (χ3v) is 11.3. The van der Waals surface area contributed by atoms with E-state index in [0.717, 1.165) is 51.4 Å². The predicted octanol–water partition coefficient (Wildman–Crippen LogP) is 14.2. The van der Waals surface area contributed by atoms with E-state index in [9.17, 15) is 20.1 Å². The lowest BCUT2D eigenvalue weighted by molar-refractivity contribution is -0.124. The summed E-state index contributed by atoms with van der Waals surface area (Å²) in [5.41, 5.74) is 0. The molecule has 0 spiro atoms. The molecule has 0 aromatic rings. The molecule has 0 saturated carbocycles. The molecule has 1 amide bonds. The first-order valence-electron chi connectivity index (χ1n) is 24.1. The molecular formula is C49H95NO4. The van der Waals surface area contributed by atoms with Crippen LogP contribution < -0.4 is 5.32 Å². The number of allylic oxidation sites excluding steroid dienone is 4. The van der Waals surface area contributed by atoms with Gasteiger partial charge in [-0.05, 0) is 44.9 Å². The number of amides is 1. The molecule has 5 nitrogen and oxygen atoms in total. The molecule has 0 aromatic heterocycles. The number of hydrogen-bond acceptors (Lipinski definition) is 4. The van der Waals surface area contributed by atoms with Gasteiger partial charge in [-0.3, -0.25) is 4.79 Å². The molecule has 320 valence electrons. The second-order valence-corrected chi connectivity index (χ2v) is 16.6. The highest BCUT2D eigenvalue weighted by Crippen LogP contribution is 2.17. The highest BCUT2D eigenvalue weighted by atomic mass is 16.3. The number of aliphatic hydroxyl groups is 3. The lowest BCUT2D eigenvalue weighted by atomic mass is 10.0. The number of nitrogens with one attached hydrogen (secondary N) is 1. The number of unbranched alkanes of at least 4 members (excludes halogenated alkanes) is 32. The Morgan fingerprint density at radius 2 is 0.796 bits per heavy atom. The monoisotopic (exact) mass is 762 g/mol. The maximum absolute atomic E-state index is 12.4. The predicted molar refractivity (Wildman–Crippen MR) is 236 cm³/mol. The molecule has 0 saturated heterocycles. The van der Waals surface area contributed by atoms with Crippen LogP contribution in [0.25, 0.3) is 0 Å².